The lowest BCUT2D eigenvalue weighted by atomic mass is 10.2. The molecule has 0 amide bonds. The molecule has 1 heterocycles. The first-order valence-electron chi connectivity index (χ1n) is 4.74. The average Bonchev–Trinajstić information content (AvgIpc) is 2.65. The normalized spacial score (nSPS) is 13.3. The van der Waals surface area contributed by atoms with E-state index in [1.54, 1.807) is 6.08 Å². The van der Waals surface area contributed by atoms with Crippen molar-refractivity contribution in [3.8, 4) is 0 Å². The minimum atomic E-state index is 0.968. The van der Waals surface area contributed by atoms with E-state index in [-0.39, 0.29) is 0 Å². The molecule has 0 fully saturated rings. The lowest BCUT2D eigenvalue weighted by molar-refractivity contribution is 0.967. The molecule has 1 nitrogen and oxygen atoms in total. The number of benzene rings is 1. The van der Waals surface area contributed by atoms with E-state index in [0.717, 1.165) is 18.7 Å². The lowest BCUT2D eigenvalue weighted by Gasteiger charge is -2.18. The number of rotatable bonds is 2. The molecule has 0 radical (unpaired) electrons. The van der Waals surface area contributed by atoms with Crippen LogP contribution < -0.4 is 4.90 Å². The molecule has 0 aliphatic carbocycles. The minimum Gasteiger partial charge on any atom is -0.335 e. The number of para-hydroxylation sites is 1. The molecule has 2 rings (SSSR count). The fourth-order valence-corrected chi connectivity index (χ4v) is 1.87. The molecular formula is C13H13N. The van der Waals surface area contributed by atoms with Gasteiger partial charge in [-0.3, -0.25) is 0 Å². The third kappa shape index (κ3) is 1.28. The van der Waals surface area contributed by atoms with E-state index in [4.69, 9.17) is 0 Å². The Morgan fingerprint density at radius 1 is 1.43 bits per heavy atom. The lowest BCUT2D eigenvalue weighted by Crippen LogP contribution is -2.17. The molecule has 1 aromatic carbocycles. The van der Waals surface area contributed by atoms with Gasteiger partial charge in [-0.15, -0.1) is 5.73 Å². The van der Waals surface area contributed by atoms with Gasteiger partial charge in [-0.1, -0.05) is 31.4 Å². The Morgan fingerprint density at radius 3 is 2.93 bits per heavy atom. The van der Waals surface area contributed by atoms with Crippen LogP contribution in [0.1, 0.15) is 5.56 Å². The molecule has 1 aromatic rings. The van der Waals surface area contributed by atoms with E-state index in [2.05, 4.69) is 48.1 Å². The van der Waals surface area contributed by atoms with Gasteiger partial charge in [0.05, 0.1) is 5.70 Å². The number of anilines is 1. The fraction of sp³-hybridized carbons (Fsp3) is 0.154. The summed E-state index contributed by atoms with van der Waals surface area (Å²) in [6, 6.07) is 8.43. The molecule has 0 saturated carbocycles. The zero-order valence-corrected chi connectivity index (χ0v) is 8.16. The van der Waals surface area contributed by atoms with Crippen LogP contribution >= 0.6 is 0 Å². The van der Waals surface area contributed by atoms with Crippen molar-refractivity contribution < 1.29 is 0 Å². The maximum absolute atomic E-state index is 3.77. The molecule has 14 heavy (non-hydrogen) atoms. The predicted octanol–water partition coefficient (Wildman–Crippen LogP) is 2.90. The first-order valence-corrected chi connectivity index (χ1v) is 4.74. The van der Waals surface area contributed by atoms with Gasteiger partial charge in [0.2, 0.25) is 0 Å². The summed E-state index contributed by atoms with van der Waals surface area (Å²) in [5, 5.41) is 0. The summed E-state index contributed by atoms with van der Waals surface area (Å²) in [4.78, 5) is 2.20. The van der Waals surface area contributed by atoms with Crippen LogP contribution in [0.5, 0.6) is 0 Å². The second kappa shape index (κ2) is 3.57. The summed E-state index contributed by atoms with van der Waals surface area (Å²) >= 11 is 0. The highest BCUT2D eigenvalue weighted by molar-refractivity contribution is 5.63. The van der Waals surface area contributed by atoms with Crippen LogP contribution in [0, 0.1) is 0 Å². The summed E-state index contributed by atoms with van der Waals surface area (Å²) in [6.07, 6.45) is 2.89. The summed E-state index contributed by atoms with van der Waals surface area (Å²) in [5.41, 5.74) is 6.53. The van der Waals surface area contributed by atoms with Crippen LogP contribution in [0.2, 0.25) is 0 Å². The molecular weight excluding hydrogens is 170 g/mol. The Morgan fingerprint density at radius 2 is 2.21 bits per heavy atom. The van der Waals surface area contributed by atoms with Crippen molar-refractivity contribution in [2.24, 2.45) is 0 Å². The smallest absolute Gasteiger partial charge is 0.0832 e. The van der Waals surface area contributed by atoms with Crippen LogP contribution in [-0.4, -0.2) is 6.54 Å². The van der Waals surface area contributed by atoms with Gasteiger partial charge in [0.15, 0.2) is 0 Å². The Labute approximate surface area is 84.7 Å². The molecule has 0 bridgehead atoms. The Hall–Kier alpha value is -1.72. The van der Waals surface area contributed by atoms with Crippen LogP contribution in [0.15, 0.2) is 54.9 Å². The Kier molecular flexibility index (Phi) is 2.26. The molecule has 0 unspecified atom stereocenters. The van der Waals surface area contributed by atoms with Crippen molar-refractivity contribution in [2.75, 3.05) is 11.4 Å². The molecule has 0 aromatic heterocycles. The van der Waals surface area contributed by atoms with Crippen LogP contribution in [-0.2, 0) is 6.42 Å². The van der Waals surface area contributed by atoms with E-state index < -0.39 is 0 Å². The minimum absolute atomic E-state index is 0.968. The molecule has 0 atom stereocenters. The van der Waals surface area contributed by atoms with Gasteiger partial charge in [0.1, 0.15) is 0 Å². The largest absolute Gasteiger partial charge is 0.335 e. The first-order chi connectivity index (χ1) is 6.86. The monoisotopic (exact) mass is 183 g/mol. The molecule has 0 N–H and O–H groups in total. The highest BCUT2D eigenvalue weighted by Crippen LogP contribution is 2.30. The predicted molar refractivity (Wildman–Crippen MR) is 60.3 cm³/mol. The molecule has 0 saturated heterocycles. The zero-order chi connectivity index (χ0) is 9.97. The van der Waals surface area contributed by atoms with Crippen molar-refractivity contribution in [3.63, 3.8) is 0 Å². The van der Waals surface area contributed by atoms with Crippen molar-refractivity contribution in [1.82, 2.24) is 0 Å². The number of nitrogens with zero attached hydrogens (tertiary/aromatic N) is 1. The quantitative estimate of drug-likeness (QED) is 0.503. The van der Waals surface area contributed by atoms with Gasteiger partial charge < -0.3 is 4.90 Å². The number of fused-ring (bicyclic) bond motifs is 1. The van der Waals surface area contributed by atoms with Crippen LogP contribution in [0.3, 0.4) is 0 Å². The zero-order valence-electron chi connectivity index (χ0n) is 8.16. The van der Waals surface area contributed by atoms with E-state index in [1.165, 1.54) is 11.3 Å². The molecule has 0 spiro atoms. The summed E-state index contributed by atoms with van der Waals surface area (Å²) in [5.74, 6) is 0. The van der Waals surface area contributed by atoms with E-state index in [1.807, 2.05) is 0 Å². The van der Waals surface area contributed by atoms with E-state index in [0.29, 0.717) is 0 Å². The molecule has 70 valence electrons. The van der Waals surface area contributed by atoms with Gasteiger partial charge in [-0.05, 0) is 24.1 Å². The first kappa shape index (κ1) is 8.86. The second-order valence-electron chi connectivity index (χ2n) is 3.30. The fourth-order valence-electron chi connectivity index (χ4n) is 1.87. The van der Waals surface area contributed by atoms with Crippen molar-refractivity contribution >= 4 is 5.69 Å². The van der Waals surface area contributed by atoms with Crippen molar-refractivity contribution in [2.45, 2.75) is 6.42 Å². The highest BCUT2D eigenvalue weighted by Gasteiger charge is 2.19. The van der Waals surface area contributed by atoms with Gasteiger partial charge in [-0.25, -0.2) is 0 Å². The topological polar surface area (TPSA) is 3.24 Å². The van der Waals surface area contributed by atoms with E-state index in [9.17, 15) is 0 Å². The Balaban J connectivity index is 2.44. The van der Waals surface area contributed by atoms with Gasteiger partial charge in [0, 0.05) is 12.2 Å². The van der Waals surface area contributed by atoms with Gasteiger partial charge in [0.25, 0.3) is 0 Å². The molecule has 1 aliphatic heterocycles. The maximum Gasteiger partial charge on any atom is 0.0832 e. The number of hydrogen-bond donors (Lipinski definition) is 0. The maximum atomic E-state index is 3.77. The number of hydrogen-bond acceptors (Lipinski definition) is 1. The van der Waals surface area contributed by atoms with Crippen LogP contribution in [0.4, 0.5) is 5.69 Å². The van der Waals surface area contributed by atoms with Gasteiger partial charge in [-0.2, -0.15) is 0 Å². The standard InChI is InChI=1S/C13H13N/c1-3-12(4-2)14-10-9-11-7-5-6-8-13(11)14/h3,5-8H,1-2,9-10H2. The Bertz CT molecular complexity index is 411. The number of allylic oxidation sites excluding steroid dienone is 1. The van der Waals surface area contributed by atoms with Crippen LogP contribution in [0.25, 0.3) is 0 Å². The van der Waals surface area contributed by atoms with Crippen molar-refractivity contribution in [1.29, 1.82) is 0 Å². The third-order valence-corrected chi connectivity index (χ3v) is 2.55. The van der Waals surface area contributed by atoms with E-state index >= 15 is 0 Å². The highest BCUT2D eigenvalue weighted by atomic mass is 15.2. The summed E-state index contributed by atoms with van der Waals surface area (Å²) in [7, 11) is 0. The molecule has 1 aliphatic rings. The summed E-state index contributed by atoms with van der Waals surface area (Å²) in [6.45, 7) is 8.45. The molecule has 1 heteroatoms. The summed E-state index contributed by atoms with van der Waals surface area (Å²) < 4.78 is 0. The van der Waals surface area contributed by atoms with Crippen molar-refractivity contribution in [3.05, 3.63) is 60.5 Å². The van der Waals surface area contributed by atoms with Gasteiger partial charge >= 0.3 is 0 Å². The average molecular weight is 183 g/mol. The second-order valence-corrected chi connectivity index (χ2v) is 3.30. The SMILES string of the molecule is C=C=C(C=C)N1CCc2ccccc21. The third-order valence-electron chi connectivity index (χ3n) is 2.55.